The molecule has 0 N–H and O–H groups in total. The Bertz CT molecular complexity index is 1100. The Morgan fingerprint density at radius 2 is 1.74 bits per heavy atom. The number of aromatic nitrogens is 5. The van der Waals surface area contributed by atoms with Gasteiger partial charge >= 0.3 is 0 Å². The molecule has 162 valence electrons. The molecule has 1 aromatic carbocycles. The normalized spacial score (nSPS) is 15.3. The average Bonchev–Trinajstić information content (AvgIpc) is 3.25. The topological polar surface area (TPSA) is 85.9 Å². The Balaban J connectivity index is 1.38. The quantitative estimate of drug-likeness (QED) is 0.648. The van der Waals surface area contributed by atoms with Gasteiger partial charge in [-0.15, -0.1) is 5.10 Å². The highest BCUT2D eigenvalue weighted by molar-refractivity contribution is 5.92. The number of amides is 1. The van der Waals surface area contributed by atoms with Crippen LogP contribution in [0.4, 0.5) is 0 Å². The lowest BCUT2D eigenvalue weighted by Crippen LogP contribution is -2.40. The summed E-state index contributed by atoms with van der Waals surface area (Å²) in [6, 6.07) is 12.9. The van der Waals surface area contributed by atoms with Gasteiger partial charge in [0.2, 0.25) is 0 Å². The number of nitrogens with zero attached hydrogens (tertiary/aromatic N) is 6. The summed E-state index contributed by atoms with van der Waals surface area (Å²) < 4.78 is 1.58. The van der Waals surface area contributed by atoms with Gasteiger partial charge in [0.15, 0.2) is 5.69 Å². The Labute approximate surface area is 181 Å². The zero-order chi connectivity index (χ0) is 22.0. The van der Waals surface area contributed by atoms with E-state index in [4.69, 9.17) is 0 Å². The van der Waals surface area contributed by atoms with Crippen LogP contribution in [0, 0.1) is 5.92 Å². The molecule has 1 aliphatic heterocycles. The van der Waals surface area contributed by atoms with Crippen molar-refractivity contribution in [2.75, 3.05) is 13.1 Å². The molecule has 8 heteroatoms. The molecule has 8 nitrogen and oxygen atoms in total. The van der Waals surface area contributed by atoms with E-state index in [1.807, 2.05) is 41.3 Å². The maximum Gasteiger partial charge on any atom is 0.276 e. The molecule has 0 aliphatic carbocycles. The fourth-order valence-electron chi connectivity index (χ4n) is 3.75. The summed E-state index contributed by atoms with van der Waals surface area (Å²) in [4.78, 5) is 28.4. The standard InChI is InChI=1S/C23H28N6O2/c1-23(2,3)20-9-10-21(30)28(26-20)16-17-11-13-27(14-12-17)22(31)19-15-24-29(25-19)18-7-5-4-6-8-18/h4-10,15,17H,11-14,16H2,1-3H3. The molecule has 3 aromatic rings. The van der Waals surface area contributed by atoms with Gasteiger partial charge in [-0.3, -0.25) is 9.59 Å². The molecule has 0 unspecified atom stereocenters. The van der Waals surface area contributed by atoms with E-state index >= 15 is 0 Å². The van der Waals surface area contributed by atoms with Crippen molar-refractivity contribution >= 4 is 5.91 Å². The van der Waals surface area contributed by atoms with Crippen LogP contribution in [0.25, 0.3) is 5.69 Å². The van der Waals surface area contributed by atoms with Crippen LogP contribution >= 0.6 is 0 Å². The van der Waals surface area contributed by atoms with Crippen molar-refractivity contribution in [3.8, 4) is 5.69 Å². The maximum absolute atomic E-state index is 12.9. The van der Waals surface area contributed by atoms with Crippen LogP contribution in [-0.4, -0.2) is 48.7 Å². The predicted molar refractivity (Wildman–Crippen MR) is 117 cm³/mol. The second-order valence-electron chi connectivity index (χ2n) is 9.08. The summed E-state index contributed by atoms with van der Waals surface area (Å²) >= 11 is 0. The van der Waals surface area contributed by atoms with Crippen LogP contribution < -0.4 is 5.56 Å². The summed E-state index contributed by atoms with van der Waals surface area (Å²) in [6.45, 7) is 8.10. The molecule has 0 bridgehead atoms. The van der Waals surface area contributed by atoms with Gasteiger partial charge in [-0.25, -0.2) is 4.68 Å². The van der Waals surface area contributed by atoms with Gasteiger partial charge in [0.05, 0.1) is 17.6 Å². The molecule has 1 fully saturated rings. The first-order valence-electron chi connectivity index (χ1n) is 10.7. The smallest absolute Gasteiger partial charge is 0.276 e. The molecule has 31 heavy (non-hydrogen) atoms. The summed E-state index contributed by atoms with van der Waals surface area (Å²) in [7, 11) is 0. The number of hydrogen-bond acceptors (Lipinski definition) is 5. The largest absolute Gasteiger partial charge is 0.337 e. The lowest BCUT2D eigenvalue weighted by atomic mass is 9.92. The van der Waals surface area contributed by atoms with Gasteiger partial charge in [-0.1, -0.05) is 39.0 Å². The summed E-state index contributed by atoms with van der Waals surface area (Å²) in [6.07, 6.45) is 3.17. The molecule has 2 aromatic heterocycles. The highest BCUT2D eigenvalue weighted by atomic mass is 16.2. The minimum absolute atomic E-state index is 0.0796. The van der Waals surface area contributed by atoms with Crippen LogP contribution in [0.1, 0.15) is 49.8 Å². The first-order chi connectivity index (χ1) is 14.8. The third kappa shape index (κ3) is 4.73. The molecule has 4 rings (SSSR count). The van der Waals surface area contributed by atoms with E-state index in [0.29, 0.717) is 31.2 Å². The Kier molecular flexibility index (Phi) is 5.71. The first-order valence-corrected chi connectivity index (χ1v) is 10.7. The third-order valence-corrected chi connectivity index (χ3v) is 5.67. The Morgan fingerprint density at radius 1 is 1.03 bits per heavy atom. The number of likely N-dealkylation sites (tertiary alicyclic amines) is 1. The van der Waals surface area contributed by atoms with Crippen molar-refractivity contribution in [3.05, 3.63) is 70.4 Å². The van der Waals surface area contributed by atoms with E-state index in [0.717, 1.165) is 24.2 Å². The number of hydrogen-bond donors (Lipinski definition) is 0. The van der Waals surface area contributed by atoms with Gasteiger partial charge in [0, 0.05) is 31.1 Å². The summed E-state index contributed by atoms with van der Waals surface area (Å²) in [5, 5.41) is 13.1. The predicted octanol–water partition coefficient (Wildman–Crippen LogP) is 2.67. The molecule has 3 heterocycles. The number of benzene rings is 1. The highest BCUT2D eigenvalue weighted by Crippen LogP contribution is 2.21. The van der Waals surface area contributed by atoms with Gasteiger partial charge in [-0.05, 0) is 37.0 Å². The van der Waals surface area contributed by atoms with E-state index in [9.17, 15) is 9.59 Å². The third-order valence-electron chi connectivity index (χ3n) is 5.67. The van der Waals surface area contributed by atoms with Crippen molar-refractivity contribution in [1.82, 2.24) is 29.7 Å². The molecule has 0 radical (unpaired) electrons. The van der Waals surface area contributed by atoms with Crippen LogP contribution in [-0.2, 0) is 12.0 Å². The highest BCUT2D eigenvalue weighted by Gasteiger charge is 2.26. The fraction of sp³-hybridized carbons (Fsp3) is 0.435. The molecule has 0 saturated carbocycles. The van der Waals surface area contributed by atoms with Crippen molar-refractivity contribution in [1.29, 1.82) is 0 Å². The fourth-order valence-corrected chi connectivity index (χ4v) is 3.75. The number of para-hydroxylation sites is 1. The SMILES string of the molecule is CC(C)(C)c1ccc(=O)n(CC2CCN(C(=O)c3cnn(-c4ccccc4)n3)CC2)n1. The second-order valence-corrected chi connectivity index (χ2v) is 9.08. The van der Waals surface area contributed by atoms with E-state index in [-0.39, 0.29) is 16.9 Å². The maximum atomic E-state index is 12.9. The molecule has 0 spiro atoms. The van der Waals surface area contributed by atoms with Crippen LogP contribution in [0.2, 0.25) is 0 Å². The molecular formula is C23H28N6O2. The molecule has 1 amide bonds. The van der Waals surface area contributed by atoms with Gasteiger partial charge in [0.1, 0.15) is 0 Å². The van der Waals surface area contributed by atoms with E-state index < -0.39 is 0 Å². The van der Waals surface area contributed by atoms with Crippen LogP contribution in [0.15, 0.2) is 53.5 Å². The zero-order valence-electron chi connectivity index (χ0n) is 18.2. The minimum Gasteiger partial charge on any atom is -0.337 e. The van der Waals surface area contributed by atoms with Gasteiger partial charge in [-0.2, -0.15) is 15.0 Å². The Morgan fingerprint density at radius 3 is 2.42 bits per heavy atom. The van der Waals surface area contributed by atoms with Crippen LogP contribution in [0.5, 0.6) is 0 Å². The first kappa shape index (κ1) is 21.0. The monoisotopic (exact) mass is 420 g/mol. The Hall–Kier alpha value is -3.29. The summed E-state index contributed by atoms with van der Waals surface area (Å²) in [5.74, 6) is 0.204. The zero-order valence-corrected chi connectivity index (χ0v) is 18.2. The summed E-state index contributed by atoms with van der Waals surface area (Å²) in [5.41, 5.74) is 1.88. The number of piperidine rings is 1. The van der Waals surface area contributed by atoms with E-state index in [1.54, 1.807) is 10.7 Å². The average molecular weight is 421 g/mol. The number of rotatable bonds is 4. The number of carbonyl (C=O) groups excluding carboxylic acids is 1. The van der Waals surface area contributed by atoms with Gasteiger partial charge in [0.25, 0.3) is 11.5 Å². The molecular weight excluding hydrogens is 392 g/mol. The lowest BCUT2D eigenvalue weighted by Gasteiger charge is -2.31. The lowest BCUT2D eigenvalue weighted by molar-refractivity contribution is 0.0674. The molecule has 1 saturated heterocycles. The van der Waals surface area contributed by atoms with E-state index in [1.165, 1.54) is 11.0 Å². The van der Waals surface area contributed by atoms with E-state index in [2.05, 4.69) is 36.1 Å². The van der Waals surface area contributed by atoms with Crippen molar-refractivity contribution in [2.24, 2.45) is 5.92 Å². The van der Waals surface area contributed by atoms with Crippen molar-refractivity contribution in [2.45, 2.75) is 45.6 Å². The van der Waals surface area contributed by atoms with Crippen LogP contribution in [0.3, 0.4) is 0 Å². The second kappa shape index (κ2) is 8.45. The number of carbonyl (C=O) groups is 1. The van der Waals surface area contributed by atoms with Crippen molar-refractivity contribution in [3.63, 3.8) is 0 Å². The van der Waals surface area contributed by atoms with Crippen molar-refractivity contribution < 1.29 is 4.79 Å². The van der Waals surface area contributed by atoms with Gasteiger partial charge < -0.3 is 4.90 Å². The molecule has 1 aliphatic rings. The minimum atomic E-state index is -0.109. The molecule has 0 atom stereocenters.